The number of primary amides is 1. The molecule has 4 nitrogen and oxygen atoms in total. The summed E-state index contributed by atoms with van der Waals surface area (Å²) in [4.78, 5) is 10.8. The lowest BCUT2D eigenvalue weighted by Crippen LogP contribution is -2.22. The van der Waals surface area contributed by atoms with Gasteiger partial charge in [-0.05, 0) is 37.1 Å². The summed E-state index contributed by atoms with van der Waals surface area (Å²) in [5.41, 5.74) is 5.64. The molecule has 1 fully saturated rings. The molecule has 0 saturated heterocycles. The molecule has 0 unspecified atom stereocenters. The predicted molar refractivity (Wildman–Crippen MR) is 61.5 cm³/mol. The van der Waals surface area contributed by atoms with Crippen molar-refractivity contribution in [1.82, 2.24) is 5.32 Å². The van der Waals surface area contributed by atoms with Crippen LogP contribution >= 0.6 is 0 Å². The van der Waals surface area contributed by atoms with Crippen molar-refractivity contribution in [3.8, 4) is 5.75 Å². The highest BCUT2D eigenvalue weighted by Gasteiger charge is 2.19. The lowest BCUT2D eigenvalue weighted by Gasteiger charge is -2.07. The second-order valence-corrected chi connectivity index (χ2v) is 3.97. The largest absolute Gasteiger partial charge is 0.492 e. The van der Waals surface area contributed by atoms with Crippen LogP contribution in [0.5, 0.6) is 5.75 Å². The first-order chi connectivity index (χ1) is 7.75. The van der Waals surface area contributed by atoms with E-state index >= 15 is 0 Å². The molecule has 0 bridgehead atoms. The fraction of sp³-hybridized carbons (Fsp3) is 0.417. The van der Waals surface area contributed by atoms with Crippen LogP contribution < -0.4 is 15.8 Å². The van der Waals surface area contributed by atoms with E-state index < -0.39 is 5.91 Å². The van der Waals surface area contributed by atoms with Gasteiger partial charge in [-0.15, -0.1) is 0 Å². The third-order valence-electron chi connectivity index (χ3n) is 2.52. The van der Waals surface area contributed by atoms with Gasteiger partial charge >= 0.3 is 0 Å². The Labute approximate surface area is 94.8 Å². The minimum absolute atomic E-state index is 0.415. The Morgan fingerprint density at radius 1 is 1.38 bits per heavy atom. The lowest BCUT2D eigenvalue weighted by molar-refractivity contribution is 0.100. The number of hydrogen-bond donors (Lipinski definition) is 2. The van der Waals surface area contributed by atoms with E-state index in [1.165, 1.54) is 12.8 Å². The number of nitrogens with two attached hydrogens (primary N) is 1. The molecule has 1 aromatic carbocycles. The Morgan fingerprint density at radius 2 is 2.06 bits per heavy atom. The van der Waals surface area contributed by atoms with Crippen molar-refractivity contribution in [2.45, 2.75) is 18.9 Å². The van der Waals surface area contributed by atoms with Gasteiger partial charge in [0.2, 0.25) is 5.91 Å². The van der Waals surface area contributed by atoms with Crippen LogP contribution in [0.25, 0.3) is 0 Å². The van der Waals surface area contributed by atoms with E-state index in [0.717, 1.165) is 12.3 Å². The zero-order chi connectivity index (χ0) is 11.4. The molecule has 0 spiro atoms. The van der Waals surface area contributed by atoms with Gasteiger partial charge in [-0.1, -0.05) is 0 Å². The van der Waals surface area contributed by atoms with E-state index in [1.54, 1.807) is 24.3 Å². The minimum atomic E-state index is -0.415. The van der Waals surface area contributed by atoms with Crippen LogP contribution in [0.1, 0.15) is 23.2 Å². The highest BCUT2D eigenvalue weighted by molar-refractivity contribution is 5.92. The maximum atomic E-state index is 10.8. The van der Waals surface area contributed by atoms with Crippen molar-refractivity contribution >= 4 is 5.91 Å². The van der Waals surface area contributed by atoms with E-state index in [2.05, 4.69) is 5.32 Å². The summed E-state index contributed by atoms with van der Waals surface area (Å²) >= 11 is 0. The quantitative estimate of drug-likeness (QED) is 0.700. The van der Waals surface area contributed by atoms with Crippen molar-refractivity contribution < 1.29 is 9.53 Å². The summed E-state index contributed by atoms with van der Waals surface area (Å²) in [6.07, 6.45) is 2.57. The molecule has 1 aromatic rings. The van der Waals surface area contributed by atoms with Crippen LogP contribution in [0.4, 0.5) is 0 Å². The van der Waals surface area contributed by atoms with Crippen LogP contribution in [0.2, 0.25) is 0 Å². The molecular formula is C12H16N2O2. The van der Waals surface area contributed by atoms with Gasteiger partial charge in [0.25, 0.3) is 0 Å². The van der Waals surface area contributed by atoms with Gasteiger partial charge in [0.05, 0.1) is 0 Å². The average Bonchev–Trinajstić information content (AvgIpc) is 3.09. The number of carbonyl (C=O) groups excluding carboxylic acids is 1. The van der Waals surface area contributed by atoms with Crippen molar-refractivity contribution in [3.05, 3.63) is 29.8 Å². The number of amides is 1. The molecule has 0 radical (unpaired) electrons. The Kier molecular flexibility index (Phi) is 3.41. The standard InChI is InChI=1S/C12H16N2O2/c13-12(15)9-1-5-11(6-2-9)16-8-7-14-10-3-4-10/h1-2,5-6,10,14H,3-4,7-8H2,(H2,13,15). The summed E-state index contributed by atoms with van der Waals surface area (Å²) in [5, 5.41) is 3.36. The van der Waals surface area contributed by atoms with Crippen LogP contribution in [-0.2, 0) is 0 Å². The summed E-state index contributed by atoms with van der Waals surface area (Å²) in [7, 11) is 0. The van der Waals surface area contributed by atoms with Gasteiger partial charge in [0, 0.05) is 18.2 Å². The van der Waals surface area contributed by atoms with Crippen molar-refractivity contribution in [2.24, 2.45) is 5.73 Å². The molecule has 0 aliphatic heterocycles. The highest BCUT2D eigenvalue weighted by atomic mass is 16.5. The molecule has 1 aliphatic rings. The molecule has 1 amide bonds. The van der Waals surface area contributed by atoms with Crippen LogP contribution in [-0.4, -0.2) is 25.1 Å². The van der Waals surface area contributed by atoms with Gasteiger partial charge in [-0.3, -0.25) is 4.79 Å². The van der Waals surface area contributed by atoms with Crippen LogP contribution in [0.3, 0.4) is 0 Å². The van der Waals surface area contributed by atoms with E-state index in [0.29, 0.717) is 18.2 Å². The molecule has 3 N–H and O–H groups in total. The Balaban J connectivity index is 1.73. The monoisotopic (exact) mass is 220 g/mol. The highest BCUT2D eigenvalue weighted by Crippen LogP contribution is 2.18. The van der Waals surface area contributed by atoms with Gasteiger partial charge in [0.15, 0.2) is 0 Å². The molecule has 1 saturated carbocycles. The molecular weight excluding hydrogens is 204 g/mol. The number of benzene rings is 1. The molecule has 16 heavy (non-hydrogen) atoms. The number of nitrogens with one attached hydrogen (secondary N) is 1. The molecule has 0 heterocycles. The van der Waals surface area contributed by atoms with Gasteiger partial charge < -0.3 is 15.8 Å². The molecule has 4 heteroatoms. The summed E-state index contributed by atoms with van der Waals surface area (Å²) in [6, 6.07) is 7.58. The Morgan fingerprint density at radius 3 is 2.62 bits per heavy atom. The lowest BCUT2D eigenvalue weighted by atomic mass is 10.2. The van der Waals surface area contributed by atoms with Crippen molar-refractivity contribution in [3.63, 3.8) is 0 Å². The normalized spacial score (nSPS) is 14.8. The first-order valence-electron chi connectivity index (χ1n) is 5.52. The fourth-order valence-electron chi connectivity index (χ4n) is 1.43. The van der Waals surface area contributed by atoms with Crippen molar-refractivity contribution in [1.29, 1.82) is 0 Å². The smallest absolute Gasteiger partial charge is 0.248 e. The summed E-state index contributed by atoms with van der Waals surface area (Å²) < 4.78 is 5.50. The van der Waals surface area contributed by atoms with Gasteiger partial charge in [-0.25, -0.2) is 0 Å². The zero-order valence-electron chi connectivity index (χ0n) is 9.11. The summed E-state index contributed by atoms with van der Waals surface area (Å²) in [5.74, 6) is 0.351. The Hall–Kier alpha value is -1.55. The van der Waals surface area contributed by atoms with Gasteiger partial charge in [-0.2, -0.15) is 0 Å². The first-order valence-corrected chi connectivity index (χ1v) is 5.52. The molecule has 2 rings (SSSR count). The maximum Gasteiger partial charge on any atom is 0.248 e. The minimum Gasteiger partial charge on any atom is -0.492 e. The SMILES string of the molecule is NC(=O)c1ccc(OCCNC2CC2)cc1. The molecule has 0 aromatic heterocycles. The first kappa shape index (κ1) is 11.0. The van der Waals surface area contributed by atoms with E-state index in [9.17, 15) is 4.79 Å². The second kappa shape index (κ2) is 4.99. The molecule has 1 aliphatic carbocycles. The maximum absolute atomic E-state index is 10.8. The zero-order valence-corrected chi connectivity index (χ0v) is 9.11. The van der Waals surface area contributed by atoms with E-state index in [1.807, 2.05) is 0 Å². The van der Waals surface area contributed by atoms with E-state index in [4.69, 9.17) is 10.5 Å². The fourth-order valence-corrected chi connectivity index (χ4v) is 1.43. The van der Waals surface area contributed by atoms with Gasteiger partial charge in [0.1, 0.15) is 12.4 Å². The average molecular weight is 220 g/mol. The number of ether oxygens (including phenoxy) is 1. The van der Waals surface area contributed by atoms with Crippen LogP contribution in [0, 0.1) is 0 Å². The van der Waals surface area contributed by atoms with E-state index in [-0.39, 0.29) is 0 Å². The topological polar surface area (TPSA) is 64.4 Å². The number of carbonyl (C=O) groups is 1. The molecule has 0 atom stereocenters. The molecule has 86 valence electrons. The third kappa shape index (κ3) is 3.24. The third-order valence-corrected chi connectivity index (χ3v) is 2.52. The predicted octanol–water partition coefficient (Wildman–Crippen LogP) is 0.916. The Bertz CT molecular complexity index is 358. The number of rotatable bonds is 6. The summed E-state index contributed by atoms with van der Waals surface area (Å²) in [6.45, 7) is 1.51. The van der Waals surface area contributed by atoms with Crippen molar-refractivity contribution in [2.75, 3.05) is 13.2 Å². The number of hydrogen-bond acceptors (Lipinski definition) is 3. The van der Waals surface area contributed by atoms with Crippen LogP contribution in [0.15, 0.2) is 24.3 Å². The second-order valence-electron chi connectivity index (χ2n) is 3.97.